The standard InChI is InChI=1S/C19H17OSi/c1-20-21(17-11-5-2-6-12-17,18-13-7-3-8-14-18)19-15-9-4-10-16-19/h2-3,5-16H,1H3. The molecule has 0 aromatic heterocycles. The topological polar surface area (TPSA) is 9.23 Å². The van der Waals surface area contributed by atoms with Gasteiger partial charge >= 0.3 is 0 Å². The molecule has 2 heteroatoms. The minimum Gasteiger partial charge on any atom is -0.408 e. The van der Waals surface area contributed by atoms with E-state index < -0.39 is 8.32 Å². The van der Waals surface area contributed by atoms with Crippen molar-refractivity contribution >= 4 is 23.9 Å². The highest BCUT2D eigenvalue weighted by atomic mass is 28.4. The summed E-state index contributed by atoms with van der Waals surface area (Å²) < 4.78 is 6.22. The minimum absolute atomic E-state index is 1.24. The van der Waals surface area contributed by atoms with Gasteiger partial charge in [-0.2, -0.15) is 0 Å². The third-order valence-electron chi connectivity index (χ3n) is 3.79. The first-order chi connectivity index (χ1) is 10.4. The van der Waals surface area contributed by atoms with Gasteiger partial charge < -0.3 is 4.43 Å². The molecule has 3 rings (SSSR count). The van der Waals surface area contributed by atoms with Crippen LogP contribution < -0.4 is 15.6 Å². The molecule has 0 saturated heterocycles. The number of rotatable bonds is 4. The molecular weight excluding hydrogens is 272 g/mol. The maximum absolute atomic E-state index is 6.22. The lowest BCUT2D eigenvalue weighted by Gasteiger charge is -2.31. The van der Waals surface area contributed by atoms with E-state index in [4.69, 9.17) is 4.43 Å². The molecule has 21 heavy (non-hydrogen) atoms. The van der Waals surface area contributed by atoms with Gasteiger partial charge in [-0.25, -0.2) is 0 Å². The normalized spacial score (nSPS) is 11.3. The van der Waals surface area contributed by atoms with Crippen LogP contribution in [0.3, 0.4) is 0 Å². The second kappa shape index (κ2) is 6.08. The van der Waals surface area contributed by atoms with Crippen molar-refractivity contribution in [2.24, 2.45) is 0 Å². The van der Waals surface area contributed by atoms with Gasteiger partial charge in [0.25, 0.3) is 8.32 Å². The van der Waals surface area contributed by atoms with Crippen LogP contribution in [-0.2, 0) is 4.43 Å². The molecule has 3 aromatic rings. The van der Waals surface area contributed by atoms with Crippen LogP contribution in [0.25, 0.3) is 0 Å². The van der Waals surface area contributed by atoms with Crippen LogP contribution in [0.5, 0.6) is 0 Å². The lowest BCUT2D eigenvalue weighted by Crippen LogP contribution is -2.68. The smallest absolute Gasteiger partial charge is 0.287 e. The van der Waals surface area contributed by atoms with Gasteiger partial charge in [-0.1, -0.05) is 84.9 Å². The molecule has 103 valence electrons. The van der Waals surface area contributed by atoms with Gasteiger partial charge in [0.15, 0.2) is 0 Å². The SMILES string of the molecule is CO[Si](c1cc[c]cc1)(c1ccccc1)c1ccccc1. The molecule has 1 nitrogen and oxygen atoms in total. The predicted molar refractivity (Wildman–Crippen MR) is 89.8 cm³/mol. The van der Waals surface area contributed by atoms with E-state index >= 15 is 0 Å². The van der Waals surface area contributed by atoms with E-state index in [0.29, 0.717) is 0 Å². The van der Waals surface area contributed by atoms with Crippen molar-refractivity contribution in [3.63, 3.8) is 0 Å². The second-order valence-electron chi connectivity index (χ2n) is 4.91. The predicted octanol–water partition coefficient (Wildman–Crippen LogP) is 2.10. The van der Waals surface area contributed by atoms with Gasteiger partial charge in [0.05, 0.1) is 0 Å². The largest absolute Gasteiger partial charge is 0.408 e. The Bertz CT molecular complexity index is 584. The fourth-order valence-electron chi connectivity index (χ4n) is 2.82. The Morgan fingerprint density at radius 3 is 1.52 bits per heavy atom. The molecular formula is C19H17OSi. The molecule has 0 spiro atoms. The maximum atomic E-state index is 6.22. The van der Waals surface area contributed by atoms with E-state index in [-0.39, 0.29) is 0 Å². The van der Waals surface area contributed by atoms with Gasteiger partial charge in [0.1, 0.15) is 0 Å². The summed E-state index contributed by atoms with van der Waals surface area (Å²) in [7, 11) is -0.595. The van der Waals surface area contributed by atoms with E-state index in [1.165, 1.54) is 15.6 Å². The first-order valence-electron chi connectivity index (χ1n) is 7.01. The van der Waals surface area contributed by atoms with Crippen molar-refractivity contribution in [3.05, 3.63) is 91.0 Å². The highest BCUT2D eigenvalue weighted by Crippen LogP contribution is 2.08. The number of benzene rings is 3. The minimum atomic E-state index is -2.42. The van der Waals surface area contributed by atoms with Crippen molar-refractivity contribution in [2.75, 3.05) is 7.11 Å². The summed E-state index contributed by atoms with van der Waals surface area (Å²) in [6, 6.07) is 32.3. The summed E-state index contributed by atoms with van der Waals surface area (Å²) in [6.45, 7) is 0. The fraction of sp³-hybridized carbons (Fsp3) is 0.0526. The summed E-state index contributed by atoms with van der Waals surface area (Å²) in [6.07, 6.45) is 0. The maximum Gasteiger partial charge on any atom is 0.287 e. The zero-order valence-electron chi connectivity index (χ0n) is 12.0. The van der Waals surface area contributed by atoms with Crippen LogP contribution in [-0.4, -0.2) is 15.4 Å². The van der Waals surface area contributed by atoms with Gasteiger partial charge in [0.2, 0.25) is 0 Å². The molecule has 0 aliphatic heterocycles. The lowest BCUT2D eigenvalue weighted by molar-refractivity contribution is 0.426. The third-order valence-corrected chi connectivity index (χ3v) is 7.84. The first-order valence-corrected chi connectivity index (χ1v) is 8.91. The molecule has 0 fully saturated rings. The average Bonchev–Trinajstić information content (AvgIpc) is 2.59. The summed E-state index contributed by atoms with van der Waals surface area (Å²) in [5.41, 5.74) is 0. The van der Waals surface area contributed by atoms with Crippen molar-refractivity contribution in [1.29, 1.82) is 0 Å². The van der Waals surface area contributed by atoms with E-state index in [2.05, 4.69) is 66.7 Å². The van der Waals surface area contributed by atoms with Crippen LogP contribution in [0, 0.1) is 6.07 Å². The van der Waals surface area contributed by atoms with Crippen LogP contribution in [0.2, 0.25) is 0 Å². The zero-order chi connectivity index (χ0) is 14.5. The molecule has 0 saturated carbocycles. The quantitative estimate of drug-likeness (QED) is 0.528. The Morgan fingerprint density at radius 2 is 1.10 bits per heavy atom. The van der Waals surface area contributed by atoms with Gasteiger partial charge in [-0.05, 0) is 21.6 Å². The van der Waals surface area contributed by atoms with E-state index in [1.54, 1.807) is 0 Å². The molecule has 0 heterocycles. The molecule has 0 amide bonds. The van der Waals surface area contributed by atoms with Crippen molar-refractivity contribution in [2.45, 2.75) is 0 Å². The van der Waals surface area contributed by atoms with E-state index in [1.807, 2.05) is 31.4 Å². The summed E-state index contributed by atoms with van der Waals surface area (Å²) in [5.74, 6) is 0. The Balaban J connectivity index is 2.29. The molecule has 0 bridgehead atoms. The Hall–Kier alpha value is -2.16. The van der Waals surface area contributed by atoms with Crippen molar-refractivity contribution in [3.8, 4) is 0 Å². The second-order valence-corrected chi connectivity index (χ2v) is 8.41. The van der Waals surface area contributed by atoms with Gasteiger partial charge in [0, 0.05) is 7.11 Å². The van der Waals surface area contributed by atoms with Crippen LogP contribution >= 0.6 is 0 Å². The summed E-state index contributed by atoms with van der Waals surface area (Å²) >= 11 is 0. The first kappa shape index (κ1) is 13.8. The highest BCUT2D eigenvalue weighted by Gasteiger charge is 2.40. The Labute approximate surface area is 127 Å². The van der Waals surface area contributed by atoms with E-state index in [9.17, 15) is 0 Å². The van der Waals surface area contributed by atoms with Crippen molar-refractivity contribution < 1.29 is 4.43 Å². The van der Waals surface area contributed by atoms with Crippen LogP contribution in [0.15, 0.2) is 84.9 Å². The average molecular weight is 289 g/mol. The lowest BCUT2D eigenvalue weighted by atomic mass is 10.3. The van der Waals surface area contributed by atoms with Gasteiger partial charge in [-0.15, -0.1) is 0 Å². The third kappa shape index (κ3) is 2.44. The molecule has 3 aromatic carbocycles. The summed E-state index contributed by atoms with van der Waals surface area (Å²) in [4.78, 5) is 0. The highest BCUT2D eigenvalue weighted by molar-refractivity contribution is 7.07. The van der Waals surface area contributed by atoms with E-state index in [0.717, 1.165) is 0 Å². The molecule has 0 unspecified atom stereocenters. The van der Waals surface area contributed by atoms with Crippen LogP contribution in [0.4, 0.5) is 0 Å². The molecule has 1 radical (unpaired) electrons. The monoisotopic (exact) mass is 289 g/mol. The Morgan fingerprint density at radius 1 is 0.667 bits per heavy atom. The zero-order valence-corrected chi connectivity index (χ0v) is 13.0. The summed E-state index contributed by atoms with van der Waals surface area (Å²) in [5, 5.41) is 3.75. The fourth-order valence-corrected chi connectivity index (χ4v) is 6.49. The molecule has 0 atom stereocenters. The Kier molecular flexibility index (Phi) is 4.00. The molecule has 0 aliphatic carbocycles. The molecule has 0 aliphatic rings. The van der Waals surface area contributed by atoms with Crippen LogP contribution in [0.1, 0.15) is 0 Å². The molecule has 0 N–H and O–H groups in total. The van der Waals surface area contributed by atoms with Crippen molar-refractivity contribution in [1.82, 2.24) is 0 Å². The number of hydrogen-bond donors (Lipinski definition) is 0. The number of hydrogen-bond acceptors (Lipinski definition) is 1. The van der Waals surface area contributed by atoms with Gasteiger partial charge in [-0.3, -0.25) is 0 Å².